The van der Waals surface area contributed by atoms with Gasteiger partial charge < -0.3 is 4.90 Å². The Morgan fingerprint density at radius 3 is 2.27 bits per heavy atom. The Morgan fingerprint density at radius 2 is 2.00 bits per heavy atom. The van der Waals surface area contributed by atoms with Gasteiger partial charge in [-0.25, -0.2) is 0 Å². The zero-order valence-electron chi connectivity index (χ0n) is 7.79. The van der Waals surface area contributed by atoms with E-state index in [2.05, 4.69) is 13.8 Å². The summed E-state index contributed by atoms with van der Waals surface area (Å²) in [5.74, 6) is 1.97. The molecule has 1 amide bonds. The first-order valence-corrected chi connectivity index (χ1v) is 4.25. The quantitative estimate of drug-likeness (QED) is 0.589. The molecule has 64 valence electrons. The van der Waals surface area contributed by atoms with Crippen LogP contribution in [0.2, 0.25) is 0 Å². The summed E-state index contributed by atoms with van der Waals surface area (Å²) < 4.78 is 0. The van der Waals surface area contributed by atoms with E-state index in [9.17, 15) is 4.79 Å². The Bertz CT molecular complexity index is 163. The highest BCUT2D eigenvalue weighted by atomic mass is 16.2. The number of nitrogens with zero attached hydrogens (tertiary/aromatic N) is 1. The lowest BCUT2D eigenvalue weighted by atomic mass is 10.1. The third-order valence-corrected chi connectivity index (χ3v) is 2.45. The highest BCUT2D eigenvalue weighted by Crippen LogP contribution is 2.44. The minimum absolute atomic E-state index is 0.309. The van der Waals surface area contributed by atoms with Crippen LogP contribution in [0, 0.1) is 17.8 Å². The van der Waals surface area contributed by atoms with Gasteiger partial charge >= 0.3 is 0 Å². The van der Waals surface area contributed by atoms with Crippen molar-refractivity contribution in [3.05, 3.63) is 0 Å². The molecule has 2 heteroatoms. The summed E-state index contributed by atoms with van der Waals surface area (Å²) in [6, 6.07) is 0. The molecule has 0 heterocycles. The Kier molecular flexibility index (Phi) is 2.21. The number of hydrogen-bond acceptors (Lipinski definition) is 1. The van der Waals surface area contributed by atoms with Gasteiger partial charge in [0.1, 0.15) is 0 Å². The molecule has 1 rings (SSSR count). The zero-order chi connectivity index (χ0) is 8.59. The van der Waals surface area contributed by atoms with Crippen molar-refractivity contribution >= 4 is 5.91 Å². The summed E-state index contributed by atoms with van der Waals surface area (Å²) in [6.45, 7) is 4.38. The smallest absolute Gasteiger partial charge is 0.225 e. The van der Waals surface area contributed by atoms with E-state index in [-0.39, 0.29) is 0 Å². The second-order valence-corrected chi connectivity index (χ2v) is 3.98. The van der Waals surface area contributed by atoms with Crippen LogP contribution in [0.15, 0.2) is 0 Å². The summed E-state index contributed by atoms with van der Waals surface area (Å²) in [4.78, 5) is 13.0. The van der Waals surface area contributed by atoms with E-state index in [1.165, 1.54) is 0 Å². The lowest BCUT2D eigenvalue weighted by Crippen LogP contribution is -2.24. The lowest BCUT2D eigenvalue weighted by molar-refractivity contribution is -0.130. The Balaban J connectivity index is 2.38. The molecule has 1 unspecified atom stereocenters. The van der Waals surface area contributed by atoms with Crippen molar-refractivity contribution in [3.63, 3.8) is 0 Å². The summed E-state index contributed by atoms with van der Waals surface area (Å²) in [5.41, 5.74) is 0. The van der Waals surface area contributed by atoms with E-state index in [0.717, 1.165) is 6.42 Å². The molecule has 0 aliphatic heterocycles. The third kappa shape index (κ3) is 1.73. The topological polar surface area (TPSA) is 20.3 Å². The first-order chi connectivity index (χ1) is 5.04. The van der Waals surface area contributed by atoms with Crippen LogP contribution < -0.4 is 0 Å². The third-order valence-electron chi connectivity index (χ3n) is 2.45. The van der Waals surface area contributed by atoms with Crippen LogP contribution in [-0.2, 0) is 4.79 Å². The molecule has 1 aliphatic carbocycles. The first-order valence-electron chi connectivity index (χ1n) is 4.25. The molecule has 0 spiro atoms. The molecule has 0 aromatic heterocycles. The van der Waals surface area contributed by atoms with Crippen molar-refractivity contribution in [1.29, 1.82) is 0 Å². The van der Waals surface area contributed by atoms with Gasteiger partial charge in [-0.05, 0) is 18.3 Å². The standard InChI is InChI=1S/C9H17NO/c1-6(2)7-5-8(7)9(11)10(3)4/h6-8H,5H2,1-4H3/t7?,8-/m1/s1. The molecule has 1 aliphatic rings. The SMILES string of the molecule is CC(C)C1C[C@H]1C(=O)N(C)C. The monoisotopic (exact) mass is 155 g/mol. The van der Waals surface area contributed by atoms with Gasteiger partial charge in [-0.2, -0.15) is 0 Å². The van der Waals surface area contributed by atoms with Gasteiger partial charge in [0.15, 0.2) is 0 Å². The van der Waals surface area contributed by atoms with Crippen LogP contribution in [0.1, 0.15) is 20.3 Å². The molecule has 0 aromatic carbocycles. The van der Waals surface area contributed by atoms with Gasteiger partial charge in [-0.3, -0.25) is 4.79 Å². The Morgan fingerprint density at radius 1 is 1.45 bits per heavy atom. The molecule has 1 saturated carbocycles. The fraction of sp³-hybridized carbons (Fsp3) is 0.889. The van der Waals surface area contributed by atoms with Gasteiger partial charge in [0.2, 0.25) is 5.91 Å². The second-order valence-electron chi connectivity index (χ2n) is 3.98. The molecule has 0 N–H and O–H groups in total. The maximum Gasteiger partial charge on any atom is 0.225 e. The summed E-state index contributed by atoms with van der Waals surface area (Å²) >= 11 is 0. The lowest BCUT2D eigenvalue weighted by Gasteiger charge is -2.10. The largest absolute Gasteiger partial charge is 0.349 e. The zero-order valence-corrected chi connectivity index (χ0v) is 7.79. The number of rotatable bonds is 2. The van der Waals surface area contributed by atoms with Crippen molar-refractivity contribution in [1.82, 2.24) is 4.90 Å². The fourth-order valence-electron chi connectivity index (χ4n) is 1.57. The van der Waals surface area contributed by atoms with Crippen LogP contribution in [0.25, 0.3) is 0 Å². The maximum atomic E-state index is 11.3. The van der Waals surface area contributed by atoms with Crippen molar-refractivity contribution < 1.29 is 4.79 Å². The van der Waals surface area contributed by atoms with Gasteiger partial charge in [0, 0.05) is 20.0 Å². The second kappa shape index (κ2) is 2.84. The number of carbonyl (C=O) groups excluding carboxylic acids is 1. The van der Waals surface area contributed by atoms with Gasteiger partial charge in [-0.15, -0.1) is 0 Å². The maximum absolute atomic E-state index is 11.3. The molecular formula is C9H17NO. The summed E-state index contributed by atoms with van der Waals surface area (Å²) in [5, 5.41) is 0. The molecule has 0 bridgehead atoms. The molecule has 1 fully saturated rings. The van der Waals surface area contributed by atoms with E-state index in [1.807, 2.05) is 14.1 Å². The molecule has 0 radical (unpaired) electrons. The van der Waals surface area contributed by atoms with Crippen LogP contribution in [0.5, 0.6) is 0 Å². The minimum Gasteiger partial charge on any atom is -0.349 e. The number of hydrogen-bond donors (Lipinski definition) is 0. The van der Waals surface area contributed by atoms with Crippen molar-refractivity contribution in [2.45, 2.75) is 20.3 Å². The Hall–Kier alpha value is -0.530. The number of carbonyl (C=O) groups is 1. The van der Waals surface area contributed by atoms with E-state index < -0.39 is 0 Å². The highest BCUT2D eigenvalue weighted by molar-refractivity contribution is 5.81. The van der Waals surface area contributed by atoms with Crippen molar-refractivity contribution in [2.24, 2.45) is 17.8 Å². The highest BCUT2D eigenvalue weighted by Gasteiger charge is 2.44. The predicted octanol–water partition coefficient (Wildman–Crippen LogP) is 1.37. The number of amides is 1. The molecule has 11 heavy (non-hydrogen) atoms. The van der Waals surface area contributed by atoms with Crippen molar-refractivity contribution in [3.8, 4) is 0 Å². The van der Waals surface area contributed by atoms with Gasteiger partial charge in [-0.1, -0.05) is 13.8 Å². The first kappa shape index (κ1) is 8.57. The van der Waals surface area contributed by atoms with E-state index in [1.54, 1.807) is 4.90 Å². The Labute approximate surface area is 68.6 Å². The minimum atomic E-state index is 0.309. The van der Waals surface area contributed by atoms with Crippen molar-refractivity contribution in [2.75, 3.05) is 14.1 Å². The average Bonchev–Trinajstić information content (AvgIpc) is 2.63. The van der Waals surface area contributed by atoms with Crippen LogP contribution >= 0.6 is 0 Å². The normalized spacial score (nSPS) is 28.8. The molecular weight excluding hydrogens is 138 g/mol. The molecule has 0 aromatic rings. The molecule has 2 nitrogen and oxygen atoms in total. The molecule has 2 atom stereocenters. The van der Waals surface area contributed by atoms with E-state index in [4.69, 9.17) is 0 Å². The van der Waals surface area contributed by atoms with E-state index >= 15 is 0 Å². The fourth-order valence-corrected chi connectivity index (χ4v) is 1.57. The summed E-state index contributed by atoms with van der Waals surface area (Å²) in [7, 11) is 3.66. The average molecular weight is 155 g/mol. The van der Waals surface area contributed by atoms with Gasteiger partial charge in [0.05, 0.1) is 0 Å². The van der Waals surface area contributed by atoms with Crippen LogP contribution in [0.4, 0.5) is 0 Å². The van der Waals surface area contributed by atoms with Crippen LogP contribution in [-0.4, -0.2) is 24.9 Å². The van der Waals surface area contributed by atoms with Crippen LogP contribution in [0.3, 0.4) is 0 Å². The summed E-state index contributed by atoms with van der Waals surface area (Å²) in [6.07, 6.45) is 1.11. The predicted molar refractivity (Wildman–Crippen MR) is 45.1 cm³/mol. The van der Waals surface area contributed by atoms with Gasteiger partial charge in [0.25, 0.3) is 0 Å². The molecule has 0 saturated heterocycles. The van der Waals surface area contributed by atoms with E-state index in [0.29, 0.717) is 23.7 Å².